The van der Waals surface area contributed by atoms with Crippen LogP contribution in [0, 0.1) is 12.8 Å². The average molecular weight is 335 g/mol. The number of hydrogen-bond acceptors (Lipinski definition) is 4. The van der Waals surface area contributed by atoms with Crippen molar-refractivity contribution in [3.63, 3.8) is 0 Å². The van der Waals surface area contributed by atoms with Gasteiger partial charge in [0, 0.05) is 17.3 Å². The molecular weight excluding hydrogens is 314 g/mol. The van der Waals surface area contributed by atoms with E-state index in [2.05, 4.69) is 20.7 Å². The minimum atomic E-state index is -0.0693. The highest BCUT2D eigenvalue weighted by molar-refractivity contribution is 5.92. The number of aromatic nitrogens is 3. The molecule has 128 valence electrons. The largest absolute Gasteiger partial charge is 0.326 e. The molecule has 0 fully saturated rings. The highest BCUT2D eigenvalue weighted by Crippen LogP contribution is 2.21. The smallest absolute Gasteiger partial charge is 0.246 e. The average Bonchev–Trinajstić information content (AvgIpc) is 3.03. The lowest BCUT2D eigenvalue weighted by molar-refractivity contribution is -0.118. The van der Waals surface area contributed by atoms with Crippen LogP contribution < -0.4 is 10.6 Å². The number of aryl methyl sites for hydroxylation is 1. The molecule has 0 atom stereocenters. The second-order valence-corrected chi connectivity index (χ2v) is 6.20. The van der Waals surface area contributed by atoms with Crippen LogP contribution in [0.2, 0.25) is 0 Å². The predicted molar refractivity (Wildman–Crippen MR) is 99.3 cm³/mol. The molecular formula is C19H21N5O. The maximum absolute atomic E-state index is 11.9. The van der Waals surface area contributed by atoms with Gasteiger partial charge in [-0.15, -0.1) is 5.10 Å². The fraction of sp³-hybridized carbons (Fsp3) is 0.211. The van der Waals surface area contributed by atoms with Crippen molar-refractivity contribution in [2.75, 3.05) is 10.6 Å². The van der Waals surface area contributed by atoms with Gasteiger partial charge in [0.1, 0.15) is 6.33 Å². The highest BCUT2D eigenvalue weighted by atomic mass is 16.1. The number of carbonyl (C=O) groups is 1. The lowest BCUT2D eigenvalue weighted by atomic mass is 10.1. The summed E-state index contributed by atoms with van der Waals surface area (Å²) in [6.45, 7) is 5.71. The molecule has 0 spiro atoms. The summed E-state index contributed by atoms with van der Waals surface area (Å²) in [5, 5.41) is 10.5. The Balaban J connectivity index is 1.78. The zero-order valence-electron chi connectivity index (χ0n) is 14.5. The van der Waals surface area contributed by atoms with E-state index in [0.717, 1.165) is 22.6 Å². The Hall–Kier alpha value is -3.15. The lowest BCUT2D eigenvalue weighted by Crippen LogP contribution is -2.17. The summed E-state index contributed by atoms with van der Waals surface area (Å²) >= 11 is 0. The number of anilines is 3. The molecule has 0 aliphatic carbocycles. The van der Waals surface area contributed by atoms with E-state index in [1.165, 1.54) is 0 Å². The molecule has 6 nitrogen and oxygen atoms in total. The summed E-state index contributed by atoms with van der Waals surface area (Å²) in [4.78, 5) is 16.2. The topological polar surface area (TPSA) is 71.8 Å². The molecule has 0 aliphatic heterocycles. The van der Waals surface area contributed by atoms with Gasteiger partial charge in [0.2, 0.25) is 11.9 Å². The van der Waals surface area contributed by atoms with E-state index >= 15 is 0 Å². The van der Waals surface area contributed by atoms with Crippen LogP contribution in [0.5, 0.6) is 0 Å². The maximum atomic E-state index is 11.9. The third-order valence-corrected chi connectivity index (χ3v) is 3.64. The van der Waals surface area contributed by atoms with E-state index in [0.29, 0.717) is 5.95 Å². The molecule has 1 amide bonds. The monoisotopic (exact) mass is 335 g/mol. The van der Waals surface area contributed by atoms with E-state index in [1.54, 1.807) is 11.0 Å². The van der Waals surface area contributed by atoms with Crippen LogP contribution >= 0.6 is 0 Å². The van der Waals surface area contributed by atoms with Gasteiger partial charge in [-0.3, -0.25) is 4.79 Å². The van der Waals surface area contributed by atoms with E-state index in [1.807, 2.05) is 69.3 Å². The SMILES string of the molecule is Cc1cc(NC(=O)C(C)C)cc(Nc2ncn(-c3ccccc3)n2)c1. The predicted octanol–water partition coefficient (Wildman–Crippen LogP) is 3.91. The van der Waals surface area contributed by atoms with Crippen molar-refractivity contribution in [3.05, 3.63) is 60.4 Å². The number of hydrogen-bond donors (Lipinski definition) is 2. The van der Waals surface area contributed by atoms with Crippen LogP contribution in [0.3, 0.4) is 0 Å². The molecule has 0 aliphatic rings. The molecule has 0 bridgehead atoms. The Morgan fingerprint density at radius 3 is 2.52 bits per heavy atom. The van der Waals surface area contributed by atoms with Crippen LogP contribution in [0.15, 0.2) is 54.9 Å². The van der Waals surface area contributed by atoms with Crippen molar-refractivity contribution in [1.29, 1.82) is 0 Å². The van der Waals surface area contributed by atoms with Crippen LogP contribution in [0.4, 0.5) is 17.3 Å². The molecule has 25 heavy (non-hydrogen) atoms. The summed E-state index contributed by atoms with van der Waals surface area (Å²) in [6, 6.07) is 15.6. The van der Waals surface area contributed by atoms with Gasteiger partial charge >= 0.3 is 0 Å². The third kappa shape index (κ3) is 4.23. The molecule has 1 heterocycles. The number of benzene rings is 2. The van der Waals surface area contributed by atoms with Gasteiger partial charge in [0.15, 0.2) is 0 Å². The molecule has 2 N–H and O–H groups in total. The summed E-state index contributed by atoms with van der Waals surface area (Å²) in [7, 11) is 0. The number of nitrogens with zero attached hydrogens (tertiary/aromatic N) is 3. The van der Waals surface area contributed by atoms with Crippen molar-refractivity contribution in [1.82, 2.24) is 14.8 Å². The van der Waals surface area contributed by atoms with Crippen LogP contribution in [0.25, 0.3) is 5.69 Å². The Morgan fingerprint density at radius 2 is 1.80 bits per heavy atom. The first-order valence-corrected chi connectivity index (χ1v) is 8.18. The standard InChI is InChI=1S/C19H21N5O/c1-13(2)18(25)21-15-9-14(3)10-16(11-15)22-19-20-12-24(23-19)17-7-5-4-6-8-17/h4-13H,1-3H3,(H,21,25)(H,22,23). The minimum Gasteiger partial charge on any atom is -0.326 e. The fourth-order valence-electron chi connectivity index (χ4n) is 2.37. The first-order chi connectivity index (χ1) is 12.0. The fourth-order valence-corrected chi connectivity index (χ4v) is 2.37. The van der Waals surface area contributed by atoms with E-state index in [-0.39, 0.29) is 11.8 Å². The summed E-state index contributed by atoms with van der Waals surface area (Å²) in [5.41, 5.74) is 3.55. The number of nitrogens with one attached hydrogen (secondary N) is 2. The highest BCUT2D eigenvalue weighted by Gasteiger charge is 2.09. The Labute approximate surface area is 146 Å². The van der Waals surface area contributed by atoms with Crippen LogP contribution in [-0.2, 0) is 4.79 Å². The maximum Gasteiger partial charge on any atom is 0.246 e. The Morgan fingerprint density at radius 1 is 1.08 bits per heavy atom. The van der Waals surface area contributed by atoms with Gasteiger partial charge in [-0.05, 0) is 42.8 Å². The number of carbonyl (C=O) groups excluding carboxylic acids is 1. The second kappa shape index (κ2) is 7.17. The second-order valence-electron chi connectivity index (χ2n) is 6.20. The summed E-state index contributed by atoms with van der Waals surface area (Å²) in [6.07, 6.45) is 1.66. The van der Waals surface area contributed by atoms with Gasteiger partial charge in [0.05, 0.1) is 5.69 Å². The van der Waals surface area contributed by atoms with Crippen molar-refractivity contribution in [3.8, 4) is 5.69 Å². The van der Waals surface area contributed by atoms with Gasteiger partial charge in [0.25, 0.3) is 0 Å². The minimum absolute atomic E-state index is 0.0111. The van der Waals surface area contributed by atoms with Crippen molar-refractivity contribution in [2.24, 2.45) is 5.92 Å². The third-order valence-electron chi connectivity index (χ3n) is 3.64. The first-order valence-electron chi connectivity index (χ1n) is 8.18. The lowest BCUT2D eigenvalue weighted by Gasteiger charge is -2.11. The van der Waals surface area contributed by atoms with Crippen molar-refractivity contribution < 1.29 is 4.79 Å². The normalized spacial score (nSPS) is 10.7. The van der Waals surface area contributed by atoms with Crippen LogP contribution in [-0.4, -0.2) is 20.7 Å². The molecule has 6 heteroatoms. The van der Waals surface area contributed by atoms with Crippen LogP contribution in [0.1, 0.15) is 19.4 Å². The molecule has 2 aromatic carbocycles. The molecule has 3 aromatic rings. The molecule has 1 aromatic heterocycles. The Bertz CT molecular complexity index is 871. The number of para-hydroxylation sites is 1. The van der Waals surface area contributed by atoms with Crippen molar-refractivity contribution in [2.45, 2.75) is 20.8 Å². The summed E-state index contributed by atoms with van der Waals surface area (Å²) in [5.74, 6) is 0.416. The molecule has 3 rings (SSSR count). The zero-order chi connectivity index (χ0) is 17.8. The van der Waals surface area contributed by atoms with E-state index < -0.39 is 0 Å². The van der Waals surface area contributed by atoms with E-state index in [4.69, 9.17) is 0 Å². The Kier molecular flexibility index (Phi) is 4.79. The zero-order valence-corrected chi connectivity index (χ0v) is 14.5. The molecule has 0 unspecified atom stereocenters. The molecule has 0 radical (unpaired) electrons. The number of amides is 1. The van der Waals surface area contributed by atoms with Gasteiger partial charge in [-0.2, -0.15) is 4.98 Å². The quantitative estimate of drug-likeness (QED) is 0.741. The van der Waals surface area contributed by atoms with Crippen molar-refractivity contribution >= 4 is 23.2 Å². The molecule has 0 saturated carbocycles. The number of rotatable bonds is 5. The van der Waals surface area contributed by atoms with E-state index in [9.17, 15) is 4.79 Å². The van der Waals surface area contributed by atoms with Gasteiger partial charge in [-0.25, -0.2) is 4.68 Å². The van der Waals surface area contributed by atoms with Gasteiger partial charge in [-0.1, -0.05) is 32.0 Å². The molecule has 0 saturated heterocycles. The van der Waals surface area contributed by atoms with Gasteiger partial charge < -0.3 is 10.6 Å². The first kappa shape index (κ1) is 16.7. The summed E-state index contributed by atoms with van der Waals surface area (Å²) < 4.78 is 1.71.